The number of nitrogens with one attached hydrogen (secondary N) is 1. The molecule has 3 aromatic heterocycles. The lowest BCUT2D eigenvalue weighted by atomic mass is 10.1. The minimum absolute atomic E-state index is 0.705. The van der Waals surface area contributed by atoms with Gasteiger partial charge in [-0.3, -0.25) is 0 Å². The Bertz CT molecular complexity index is 2060. The molecule has 0 saturated carbocycles. The summed E-state index contributed by atoms with van der Waals surface area (Å²) in [7, 11) is 0. The molecule has 0 amide bonds. The number of para-hydroxylation sites is 3. The second-order valence-corrected chi connectivity index (χ2v) is 9.57. The third-order valence-electron chi connectivity index (χ3n) is 7.37. The number of H-pyrrole nitrogens is 1. The van der Waals surface area contributed by atoms with E-state index >= 15 is 0 Å². The van der Waals surface area contributed by atoms with Crippen molar-refractivity contribution in [1.82, 2.24) is 19.5 Å². The average molecular weight is 487 g/mol. The fraction of sp³-hybridized carbons (Fsp3) is 0. The smallest absolute Gasteiger partial charge is 0.162 e. The van der Waals surface area contributed by atoms with Crippen LogP contribution in [0.25, 0.3) is 72.1 Å². The molecule has 0 atom stereocenters. The molecule has 0 aliphatic carbocycles. The van der Waals surface area contributed by atoms with Crippen LogP contribution in [0.5, 0.6) is 0 Å². The lowest BCUT2D eigenvalue weighted by Gasteiger charge is -2.10. The highest BCUT2D eigenvalue weighted by Crippen LogP contribution is 2.35. The van der Waals surface area contributed by atoms with Gasteiger partial charge < -0.3 is 9.55 Å². The van der Waals surface area contributed by atoms with Gasteiger partial charge in [-0.05, 0) is 42.5 Å². The van der Waals surface area contributed by atoms with Crippen molar-refractivity contribution in [1.29, 1.82) is 0 Å². The second kappa shape index (κ2) is 8.15. The Hall–Kier alpha value is -5.22. The summed E-state index contributed by atoms with van der Waals surface area (Å²) in [6.45, 7) is 0. The van der Waals surface area contributed by atoms with Crippen LogP contribution in [0.2, 0.25) is 0 Å². The Kier molecular flexibility index (Phi) is 4.49. The van der Waals surface area contributed by atoms with Gasteiger partial charge >= 0.3 is 0 Å². The standard InChI is InChI=1S/C34H22N4/c1-2-10-22(11-3-1)32-31-27-14-4-7-15-28(27)35-34(31)37-33(36-32)23-18-20-24(21-19-23)38-29-16-8-5-12-25(29)26-13-6-9-17-30(26)38/h1-21H,(H,35,36,37). The molecule has 38 heavy (non-hydrogen) atoms. The number of rotatable bonds is 3. The molecule has 4 nitrogen and oxygen atoms in total. The molecular formula is C34H22N4. The van der Waals surface area contributed by atoms with Crippen molar-refractivity contribution in [3.63, 3.8) is 0 Å². The number of nitrogens with zero attached hydrogens (tertiary/aromatic N) is 3. The van der Waals surface area contributed by atoms with Gasteiger partial charge in [-0.1, -0.05) is 84.9 Å². The predicted octanol–water partition coefficient (Wildman–Crippen LogP) is 8.54. The Labute approximate surface area is 218 Å². The van der Waals surface area contributed by atoms with E-state index in [1.165, 1.54) is 21.8 Å². The Morgan fingerprint density at radius 3 is 1.82 bits per heavy atom. The quantitative estimate of drug-likeness (QED) is 0.272. The molecule has 3 heterocycles. The maximum Gasteiger partial charge on any atom is 0.162 e. The van der Waals surface area contributed by atoms with Gasteiger partial charge in [0.2, 0.25) is 0 Å². The fourth-order valence-corrected chi connectivity index (χ4v) is 5.64. The first-order valence-corrected chi connectivity index (χ1v) is 12.8. The predicted molar refractivity (Wildman–Crippen MR) is 157 cm³/mol. The van der Waals surface area contributed by atoms with E-state index in [0.717, 1.165) is 44.4 Å². The van der Waals surface area contributed by atoms with Crippen molar-refractivity contribution in [2.24, 2.45) is 0 Å². The third kappa shape index (κ3) is 3.10. The van der Waals surface area contributed by atoms with Crippen molar-refractivity contribution in [2.75, 3.05) is 0 Å². The molecule has 4 heteroatoms. The fourth-order valence-electron chi connectivity index (χ4n) is 5.64. The molecule has 0 spiro atoms. The van der Waals surface area contributed by atoms with Crippen molar-refractivity contribution in [2.45, 2.75) is 0 Å². The maximum absolute atomic E-state index is 5.12. The summed E-state index contributed by atoms with van der Waals surface area (Å²) in [5, 5.41) is 4.70. The zero-order valence-corrected chi connectivity index (χ0v) is 20.5. The molecular weight excluding hydrogens is 464 g/mol. The van der Waals surface area contributed by atoms with Crippen LogP contribution >= 0.6 is 0 Å². The molecule has 0 unspecified atom stereocenters. The number of hydrogen-bond donors (Lipinski definition) is 1. The first-order chi connectivity index (χ1) is 18.8. The number of benzene rings is 5. The minimum atomic E-state index is 0.705. The van der Waals surface area contributed by atoms with E-state index in [1.807, 2.05) is 12.1 Å². The summed E-state index contributed by atoms with van der Waals surface area (Å²) in [5.74, 6) is 0.705. The monoisotopic (exact) mass is 486 g/mol. The van der Waals surface area contributed by atoms with Gasteiger partial charge in [-0.15, -0.1) is 0 Å². The molecule has 178 valence electrons. The Morgan fingerprint density at radius 2 is 1.11 bits per heavy atom. The van der Waals surface area contributed by atoms with E-state index in [9.17, 15) is 0 Å². The number of aromatic amines is 1. The van der Waals surface area contributed by atoms with Crippen LogP contribution in [0.3, 0.4) is 0 Å². The lowest BCUT2D eigenvalue weighted by molar-refractivity contribution is 1.17. The normalized spacial score (nSPS) is 11.7. The van der Waals surface area contributed by atoms with Gasteiger partial charge in [-0.2, -0.15) is 0 Å². The van der Waals surface area contributed by atoms with Crippen molar-refractivity contribution in [3.8, 4) is 28.3 Å². The highest BCUT2D eigenvalue weighted by atomic mass is 15.0. The third-order valence-corrected chi connectivity index (χ3v) is 7.37. The van der Waals surface area contributed by atoms with Crippen molar-refractivity contribution >= 4 is 43.7 Å². The number of hydrogen-bond acceptors (Lipinski definition) is 2. The molecule has 0 bridgehead atoms. The van der Waals surface area contributed by atoms with Crippen molar-refractivity contribution in [3.05, 3.63) is 127 Å². The summed E-state index contributed by atoms with van der Waals surface area (Å²) in [4.78, 5) is 13.6. The summed E-state index contributed by atoms with van der Waals surface area (Å²) in [6, 6.07) is 44.4. The van der Waals surface area contributed by atoms with Crippen molar-refractivity contribution < 1.29 is 0 Å². The van der Waals surface area contributed by atoms with Crippen LogP contribution in [-0.2, 0) is 0 Å². The zero-order chi connectivity index (χ0) is 25.1. The first kappa shape index (κ1) is 20.9. The summed E-state index contributed by atoms with van der Waals surface area (Å²) >= 11 is 0. The van der Waals surface area contributed by atoms with E-state index in [1.54, 1.807) is 0 Å². The molecule has 8 rings (SSSR count). The van der Waals surface area contributed by atoms with Gasteiger partial charge in [0.15, 0.2) is 5.82 Å². The molecule has 1 N–H and O–H groups in total. The topological polar surface area (TPSA) is 46.5 Å². The van der Waals surface area contributed by atoms with Crippen LogP contribution in [0.15, 0.2) is 127 Å². The van der Waals surface area contributed by atoms with E-state index in [0.29, 0.717) is 5.82 Å². The SMILES string of the molecule is c1ccc(-c2nc(-c3ccc(-n4c5ccccc5c5ccccc54)cc3)nc3[nH]c4ccccc4c23)cc1. The van der Waals surface area contributed by atoms with Crippen LogP contribution in [0.1, 0.15) is 0 Å². The highest BCUT2D eigenvalue weighted by Gasteiger charge is 2.17. The number of aromatic nitrogens is 4. The summed E-state index contributed by atoms with van der Waals surface area (Å²) in [6.07, 6.45) is 0. The van der Waals surface area contributed by atoms with Gasteiger partial charge in [-0.25, -0.2) is 9.97 Å². The molecule has 0 radical (unpaired) electrons. The van der Waals surface area contributed by atoms with E-state index < -0.39 is 0 Å². The van der Waals surface area contributed by atoms with Gasteiger partial charge in [0.05, 0.1) is 22.1 Å². The number of fused-ring (bicyclic) bond motifs is 6. The van der Waals surface area contributed by atoms with Crippen LogP contribution in [0, 0.1) is 0 Å². The first-order valence-electron chi connectivity index (χ1n) is 12.8. The van der Waals surface area contributed by atoms with E-state index in [2.05, 4.69) is 125 Å². The zero-order valence-electron chi connectivity index (χ0n) is 20.5. The summed E-state index contributed by atoms with van der Waals surface area (Å²) in [5.41, 5.74) is 8.41. The molecule has 0 aliphatic heterocycles. The average Bonchev–Trinajstić information content (AvgIpc) is 3.53. The minimum Gasteiger partial charge on any atom is -0.339 e. The van der Waals surface area contributed by atoms with Gasteiger partial charge in [0, 0.05) is 38.5 Å². The molecule has 0 fully saturated rings. The summed E-state index contributed by atoms with van der Waals surface area (Å²) < 4.78 is 2.32. The highest BCUT2D eigenvalue weighted by molar-refractivity contribution is 6.12. The molecule has 5 aromatic carbocycles. The van der Waals surface area contributed by atoms with E-state index in [4.69, 9.17) is 9.97 Å². The maximum atomic E-state index is 5.12. The largest absolute Gasteiger partial charge is 0.339 e. The van der Waals surface area contributed by atoms with E-state index in [-0.39, 0.29) is 0 Å². The molecule has 0 saturated heterocycles. The Morgan fingerprint density at radius 1 is 0.500 bits per heavy atom. The van der Waals surface area contributed by atoms with Gasteiger partial charge in [0.1, 0.15) is 5.65 Å². The van der Waals surface area contributed by atoms with Crippen LogP contribution < -0.4 is 0 Å². The van der Waals surface area contributed by atoms with Gasteiger partial charge in [0.25, 0.3) is 0 Å². The molecule has 8 aromatic rings. The Balaban J connectivity index is 1.32. The molecule has 0 aliphatic rings. The lowest BCUT2D eigenvalue weighted by Crippen LogP contribution is -1.96. The van der Waals surface area contributed by atoms with Crippen LogP contribution in [0.4, 0.5) is 0 Å². The second-order valence-electron chi connectivity index (χ2n) is 9.57. The van der Waals surface area contributed by atoms with Crippen LogP contribution in [-0.4, -0.2) is 19.5 Å².